The molecule has 3 aromatic heterocycles. The maximum atomic E-state index is 4.23. The highest BCUT2D eigenvalue weighted by molar-refractivity contribution is 6.10. The van der Waals surface area contributed by atoms with Gasteiger partial charge in [0.2, 0.25) is 0 Å². The molecule has 6 rings (SSSR count). The van der Waals surface area contributed by atoms with Gasteiger partial charge in [0, 0.05) is 39.8 Å². The van der Waals surface area contributed by atoms with Gasteiger partial charge in [-0.25, -0.2) is 0 Å². The van der Waals surface area contributed by atoms with Crippen LogP contribution in [0.3, 0.4) is 0 Å². The molecule has 4 nitrogen and oxygen atoms in total. The van der Waals surface area contributed by atoms with Crippen molar-refractivity contribution in [2.75, 3.05) is 0 Å². The quantitative estimate of drug-likeness (QED) is 0.350. The molecule has 0 atom stereocenters. The number of fused-ring (bicyclic) bond motifs is 6. The summed E-state index contributed by atoms with van der Waals surface area (Å²) in [6.07, 6.45) is 1.92. The number of para-hydroxylation sites is 1. The lowest BCUT2D eigenvalue weighted by Gasteiger charge is -2.12. The smallest absolute Gasteiger partial charge is 0.0908 e. The predicted molar refractivity (Wildman–Crippen MR) is 126 cm³/mol. The van der Waals surface area contributed by atoms with Crippen LogP contribution in [0.25, 0.3) is 54.9 Å². The summed E-state index contributed by atoms with van der Waals surface area (Å²) in [4.78, 5) is 0. The summed E-state index contributed by atoms with van der Waals surface area (Å²) >= 11 is 0. The number of hydrogen-bond donors (Lipinski definition) is 1. The van der Waals surface area contributed by atoms with E-state index in [2.05, 4.69) is 101 Å². The number of aromatic amines is 1. The average Bonchev–Trinajstić information content (AvgIpc) is 3.43. The second kappa shape index (κ2) is 6.23. The predicted octanol–water partition coefficient (Wildman–Crippen LogP) is 6.89. The number of nitrogens with one attached hydrogen (secondary N) is 1. The summed E-state index contributed by atoms with van der Waals surface area (Å²) in [6, 6.07) is 22.8. The van der Waals surface area contributed by atoms with E-state index >= 15 is 0 Å². The highest BCUT2D eigenvalue weighted by atomic mass is 15.1. The maximum Gasteiger partial charge on any atom is 0.0908 e. The summed E-state index contributed by atoms with van der Waals surface area (Å²) in [7, 11) is 0. The molecular weight excluding hydrogens is 368 g/mol. The molecule has 0 spiro atoms. The van der Waals surface area contributed by atoms with Gasteiger partial charge in [-0.1, -0.05) is 42.5 Å². The Bertz CT molecular complexity index is 1560. The third-order valence-corrected chi connectivity index (χ3v) is 6.34. The molecule has 4 heteroatoms. The van der Waals surface area contributed by atoms with Crippen molar-refractivity contribution in [2.45, 2.75) is 33.4 Å². The number of benzene rings is 3. The molecule has 0 saturated carbocycles. The van der Waals surface area contributed by atoms with Gasteiger partial charge < -0.3 is 9.13 Å². The van der Waals surface area contributed by atoms with Crippen molar-refractivity contribution >= 4 is 43.7 Å². The fraction of sp³-hybridized carbons (Fsp3) is 0.192. The Kier molecular flexibility index (Phi) is 3.60. The minimum atomic E-state index is 0.399. The summed E-state index contributed by atoms with van der Waals surface area (Å²) in [5, 5.41) is 11.3. The van der Waals surface area contributed by atoms with Gasteiger partial charge in [0.25, 0.3) is 0 Å². The van der Waals surface area contributed by atoms with E-state index in [-0.39, 0.29) is 0 Å². The summed E-state index contributed by atoms with van der Waals surface area (Å²) < 4.78 is 4.79. The Morgan fingerprint density at radius 1 is 0.800 bits per heavy atom. The second-order valence-corrected chi connectivity index (χ2v) is 8.32. The molecule has 0 bridgehead atoms. The van der Waals surface area contributed by atoms with Gasteiger partial charge in [0.15, 0.2) is 0 Å². The van der Waals surface area contributed by atoms with Crippen molar-refractivity contribution in [2.24, 2.45) is 0 Å². The van der Waals surface area contributed by atoms with Crippen LogP contribution in [0, 0.1) is 0 Å². The third-order valence-electron chi connectivity index (χ3n) is 6.34. The van der Waals surface area contributed by atoms with Crippen molar-refractivity contribution in [1.82, 2.24) is 19.3 Å². The molecule has 0 aliphatic heterocycles. The van der Waals surface area contributed by atoms with Gasteiger partial charge >= 0.3 is 0 Å². The van der Waals surface area contributed by atoms with E-state index in [1.165, 1.54) is 49.4 Å². The number of rotatable bonds is 3. The lowest BCUT2D eigenvalue weighted by Crippen LogP contribution is -1.99. The highest BCUT2D eigenvalue weighted by Gasteiger charge is 2.15. The van der Waals surface area contributed by atoms with Crippen molar-refractivity contribution in [3.8, 4) is 11.1 Å². The molecule has 0 unspecified atom stereocenters. The summed E-state index contributed by atoms with van der Waals surface area (Å²) in [6.45, 7) is 7.62. The molecular formula is C26H24N4. The highest BCUT2D eigenvalue weighted by Crippen LogP contribution is 2.36. The Morgan fingerprint density at radius 3 is 2.27 bits per heavy atom. The van der Waals surface area contributed by atoms with E-state index in [0.29, 0.717) is 6.04 Å². The zero-order valence-corrected chi connectivity index (χ0v) is 17.5. The fourth-order valence-corrected chi connectivity index (χ4v) is 5.03. The molecule has 0 aliphatic rings. The van der Waals surface area contributed by atoms with Gasteiger partial charge in [-0.05, 0) is 50.1 Å². The molecule has 0 fully saturated rings. The van der Waals surface area contributed by atoms with Crippen molar-refractivity contribution in [3.05, 3.63) is 66.9 Å². The largest absolute Gasteiger partial charge is 0.338 e. The van der Waals surface area contributed by atoms with E-state index in [1.807, 2.05) is 6.20 Å². The summed E-state index contributed by atoms with van der Waals surface area (Å²) in [5.41, 5.74) is 8.63. The zero-order valence-electron chi connectivity index (χ0n) is 17.5. The van der Waals surface area contributed by atoms with E-state index < -0.39 is 0 Å². The van der Waals surface area contributed by atoms with Crippen LogP contribution in [0.4, 0.5) is 0 Å². The van der Waals surface area contributed by atoms with Crippen LogP contribution < -0.4 is 0 Å². The fourth-order valence-electron chi connectivity index (χ4n) is 5.03. The first-order chi connectivity index (χ1) is 14.7. The molecule has 6 aromatic rings. The molecule has 0 amide bonds. The standard InChI is InChI=1S/C26H24N4/c1-4-29-23-13-17(10-12-21(23)26-25(29)15-27-28-26)18-9-11-20-19-7-5-6-8-22(19)30(16(2)3)24(20)14-18/h5-16H,4H2,1-3H3,(H,27,28). The van der Waals surface area contributed by atoms with E-state index in [0.717, 1.165) is 12.1 Å². The number of aromatic nitrogens is 4. The topological polar surface area (TPSA) is 38.5 Å². The Hall–Kier alpha value is -3.53. The molecule has 1 N–H and O–H groups in total. The molecule has 0 saturated heterocycles. The number of hydrogen-bond acceptors (Lipinski definition) is 1. The average molecular weight is 393 g/mol. The molecule has 148 valence electrons. The monoisotopic (exact) mass is 392 g/mol. The minimum Gasteiger partial charge on any atom is -0.338 e. The minimum absolute atomic E-state index is 0.399. The summed E-state index contributed by atoms with van der Waals surface area (Å²) in [5.74, 6) is 0. The van der Waals surface area contributed by atoms with Gasteiger partial charge in [-0.15, -0.1) is 0 Å². The van der Waals surface area contributed by atoms with E-state index in [9.17, 15) is 0 Å². The first-order valence-electron chi connectivity index (χ1n) is 10.7. The first kappa shape index (κ1) is 17.3. The van der Waals surface area contributed by atoms with E-state index in [1.54, 1.807) is 0 Å². The molecule has 30 heavy (non-hydrogen) atoms. The van der Waals surface area contributed by atoms with Crippen LogP contribution in [-0.2, 0) is 6.54 Å². The van der Waals surface area contributed by atoms with Gasteiger partial charge in [-0.2, -0.15) is 5.10 Å². The van der Waals surface area contributed by atoms with Crippen LogP contribution in [0.2, 0.25) is 0 Å². The SMILES string of the molecule is CCn1c2cc(-c3ccc4c5ccccc5n(C(C)C)c4c3)ccc2c2[nH]ncc21. The van der Waals surface area contributed by atoms with E-state index in [4.69, 9.17) is 0 Å². The maximum absolute atomic E-state index is 4.23. The second-order valence-electron chi connectivity index (χ2n) is 8.32. The van der Waals surface area contributed by atoms with Crippen LogP contribution >= 0.6 is 0 Å². The molecule has 3 aromatic carbocycles. The Labute approximate surface area is 174 Å². The Balaban J connectivity index is 1.62. The van der Waals surface area contributed by atoms with Crippen molar-refractivity contribution < 1.29 is 0 Å². The number of nitrogens with zero attached hydrogens (tertiary/aromatic N) is 3. The number of H-pyrrole nitrogens is 1. The van der Waals surface area contributed by atoms with Crippen LogP contribution in [0.1, 0.15) is 26.8 Å². The van der Waals surface area contributed by atoms with Crippen LogP contribution in [0.5, 0.6) is 0 Å². The zero-order chi connectivity index (χ0) is 20.4. The molecule has 0 radical (unpaired) electrons. The van der Waals surface area contributed by atoms with Crippen LogP contribution in [-0.4, -0.2) is 19.3 Å². The first-order valence-corrected chi connectivity index (χ1v) is 10.7. The third kappa shape index (κ3) is 2.25. The Morgan fingerprint density at radius 2 is 1.50 bits per heavy atom. The number of aryl methyl sites for hydroxylation is 1. The van der Waals surface area contributed by atoms with Crippen molar-refractivity contribution in [3.63, 3.8) is 0 Å². The van der Waals surface area contributed by atoms with Gasteiger partial charge in [-0.3, -0.25) is 5.10 Å². The normalized spacial score (nSPS) is 12.3. The lowest BCUT2D eigenvalue weighted by atomic mass is 10.0. The molecule has 0 aliphatic carbocycles. The molecule has 3 heterocycles. The lowest BCUT2D eigenvalue weighted by molar-refractivity contribution is 0.642. The van der Waals surface area contributed by atoms with Gasteiger partial charge in [0.1, 0.15) is 0 Å². The van der Waals surface area contributed by atoms with Crippen molar-refractivity contribution in [1.29, 1.82) is 0 Å². The van der Waals surface area contributed by atoms with Crippen LogP contribution in [0.15, 0.2) is 66.9 Å². The van der Waals surface area contributed by atoms with Gasteiger partial charge in [0.05, 0.1) is 22.7 Å².